The van der Waals surface area contributed by atoms with E-state index in [9.17, 15) is 4.79 Å². The van der Waals surface area contributed by atoms with Gasteiger partial charge < -0.3 is 20.4 Å². The third-order valence-electron chi connectivity index (χ3n) is 4.24. The molecule has 180 valence electrons. The van der Waals surface area contributed by atoms with E-state index in [0.29, 0.717) is 24.7 Å². The Morgan fingerprint density at radius 1 is 1.27 bits per heavy atom. The molecular formula is C27H40N4O2. The van der Waals surface area contributed by atoms with Gasteiger partial charge in [-0.05, 0) is 46.1 Å². The molecule has 0 aliphatic rings. The van der Waals surface area contributed by atoms with E-state index in [-0.39, 0.29) is 6.04 Å². The molecule has 1 atom stereocenters. The highest BCUT2D eigenvalue weighted by molar-refractivity contribution is 5.77. The highest BCUT2D eigenvalue weighted by Gasteiger charge is 2.22. The van der Waals surface area contributed by atoms with Crippen LogP contribution in [-0.4, -0.2) is 28.2 Å². The van der Waals surface area contributed by atoms with Crippen LogP contribution in [-0.2, 0) is 4.74 Å². The molecule has 1 aromatic heterocycles. The molecule has 1 aromatic rings. The molecule has 1 unspecified atom stereocenters. The molecule has 1 heterocycles. The molecule has 0 bridgehead atoms. The molecule has 3 N–H and O–H groups in total. The summed E-state index contributed by atoms with van der Waals surface area (Å²) in [5, 5.41) is 6.36. The van der Waals surface area contributed by atoms with Gasteiger partial charge in [-0.15, -0.1) is 6.58 Å². The minimum Gasteiger partial charge on any atom is -0.444 e. The third-order valence-corrected chi connectivity index (χ3v) is 4.24. The van der Waals surface area contributed by atoms with Crippen LogP contribution in [0.3, 0.4) is 0 Å². The highest BCUT2D eigenvalue weighted by Crippen LogP contribution is 2.25. The van der Waals surface area contributed by atoms with Gasteiger partial charge in [0, 0.05) is 17.8 Å². The summed E-state index contributed by atoms with van der Waals surface area (Å²) in [6.45, 7) is 19.9. The van der Waals surface area contributed by atoms with E-state index in [4.69, 9.17) is 4.74 Å². The normalized spacial score (nSPS) is 14.0. The number of amides is 1. The number of hydrogen-bond acceptors (Lipinski definition) is 4. The molecule has 6 nitrogen and oxygen atoms in total. The first-order chi connectivity index (χ1) is 15.6. The molecule has 1 rings (SSSR count). The van der Waals surface area contributed by atoms with Crippen LogP contribution in [0, 0.1) is 5.92 Å². The average Bonchev–Trinajstić information content (AvgIpc) is 3.20. The number of H-pyrrole nitrogens is 1. The van der Waals surface area contributed by atoms with Crippen molar-refractivity contribution < 1.29 is 9.53 Å². The van der Waals surface area contributed by atoms with Crippen LogP contribution in [0.4, 0.5) is 4.79 Å². The van der Waals surface area contributed by atoms with E-state index in [1.165, 1.54) is 0 Å². The fourth-order valence-electron chi connectivity index (χ4n) is 2.93. The molecule has 0 fully saturated rings. The van der Waals surface area contributed by atoms with Gasteiger partial charge in [0.15, 0.2) is 0 Å². The summed E-state index contributed by atoms with van der Waals surface area (Å²) in [5.74, 6) is 0.956. The largest absolute Gasteiger partial charge is 0.444 e. The summed E-state index contributed by atoms with van der Waals surface area (Å²) in [5.41, 5.74) is 2.24. The fourth-order valence-corrected chi connectivity index (χ4v) is 2.93. The smallest absolute Gasteiger partial charge is 0.408 e. The Morgan fingerprint density at radius 2 is 2.00 bits per heavy atom. The zero-order valence-electron chi connectivity index (χ0n) is 20.9. The predicted molar refractivity (Wildman–Crippen MR) is 139 cm³/mol. The van der Waals surface area contributed by atoms with Gasteiger partial charge in [0.05, 0.1) is 17.9 Å². The van der Waals surface area contributed by atoms with Crippen molar-refractivity contribution in [3.63, 3.8) is 0 Å². The lowest BCUT2D eigenvalue weighted by molar-refractivity contribution is 0.0502. The molecule has 0 saturated heterocycles. The molecular weight excluding hydrogens is 412 g/mol. The number of nitrogens with zero attached hydrogens (tertiary/aromatic N) is 1. The van der Waals surface area contributed by atoms with E-state index in [2.05, 4.69) is 53.7 Å². The van der Waals surface area contributed by atoms with E-state index in [1.807, 2.05) is 58.1 Å². The van der Waals surface area contributed by atoms with Crippen molar-refractivity contribution in [2.24, 2.45) is 5.92 Å². The summed E-state index contributed by atoms with van der Waals surface area (Å²) in [4.78, 5) is 20.3. The van der Waals surface area contributed by atoms with E-state index in [0.717, 1.165) is 17.0 Å². The Balaban J connectivity index is 3.28. The summed E-state index contributed by atoms with van der Waals surface area (Å²) in [6.07, 6.45) is 17.4. The van der Waals surface area contributed by atoms with Crippen molar-refractivity contribution in [2.75, 3.05) is 6.54 Å². The minimum atomic E-state index is -0.581. The lowest BCUT2D eigenvalue weighted by atomic mass is 10.0. The van der Waals surface area contributed by atoms with E-state index in [1.54, 1.807) is 18.3 Å². The number of imidazole rings is 1. The Labute approximate surface area is 199 Å². The molecule has 0 aromatic carbocycles. The Morgan fingerprint density at radius 3 is 2.58 bits per heavy atom. The number of aromatic nitrogens is 2. The quantitative estimate of drug-likeness (QED) is 0.254. The molecule has 0 aliphatic heterocycles. The Hall–Kier alpha value is -3.28. The number of nitrogens with one attached hydrogen (secondary N) is 3. The number of ether oxygens (including phenoxy) is 1. The highest BCUT2D eigenvalue weighted by atomic mass is 16.6. The van der Waals surface area contributed by atoms with Crippen molar-refractivity contribution in [3.8, 4) is 0 Å². The second-order valence-corrected chi connectivity index (χ2v) is 8.88. The zero-order chi connectivity index (χ0) is 24.9. The molecule has 0 aliphatic carbocycles. The van der Waals surface area contributed by atoms with Gasteiger partial charge in [0.25, 0.3) is 0 Å². The Kier molecular flexibility index (Phi) is 11.8. The van der Waals surface area contributed by atoms with Crippen molar-refractivity contribution >= 4 is 11.7 Å². The molecule has 1 amide bonds. The first kappa shape index (κ1) is 27.8. The van der Waals surface area contributed by atoms with Crippen LogP contribution < -0.4 is 10.6 Å². The van der Waals surface area contributed by atoms with Crippen LogP contribution >= 0.6 is 0 Å². The van der Waals surface area contributed by atoms with Crippen LogP contribution in [0.15, 0.2) is 73.7 Å². The average molecular weight is 453 g/mol. The second-order valence-electron chi connectivity index (χ2n) is 8.88. The van der Waals surface area contributed by atoms with E-state index < -0.39 is 11.7 Å². The molecule has 0 spiro atoms. The molecule has 33 heavy (non-hydrogen) atoms. The van der Waals surface area contributed by atoms with Crippen molar-refractivity contribution in [3.05, 3.63) is 85.2 Å². The molecule has 6 heteroatoms. The number of carbonyl (C=O) groups excluding carboxylic acids is 1. The van der Waals surface area contributed by atoms with Crippen molar-refractivity contribution in [1.29, 1.82) is 0 Å². The second kappa shape index (κ2) is 14.0. The summed E-state index contributed by atoms with van der Waals surface area (Å²) >= 11 is 0. The number of aromatic amines is 1. The van der Waals surface area contributed by atoms with Crippen molar-refractivity contribution in [1.82, 2.24) is 20.6 Å². The summed E-state index contributed by atoms with van der Waals surface area (Å²) in [7, 11) is 0. The fraction of sp³-hybridized carbons (Fsp3) is 0.407. The van der Waals surface area contributed by atoms with Crippen molar-refractivity contribution in [2.45, 2.75) is 59.6 Å². The summed E-state index contributed by atoms with van der Waals surface area (Å²) in [6, 6.07) is -0.377. The maximum absolute atomic E-state index is 12.3. The van der Waals surface area contributed by atoms with Gasteiger partial charge >= 0.3 is 6.09 Å². The van der Waals surface area contributed by atoms with Gasteiger partial charge in [-0.1, -0.05) is 63.0 Å². The predicted octanol–water partition coefficient (Wildman–Crippen LogP) is 6.38. The maximum atomic E-state index is 12.3. The van der Waals surface area contributed by atoms with Gasteiger partial charge in [0.2, 0.25) is 0 Å². The number of hydrogen-bond donors (Lipinski definition) is 3. The third kappa shape index (κ3) is 10.7. The topological polar surface area (TPSA) is 79.0 Å². The monoisotopic (exact) mass is 452 g/mol. The summed E-state index contributed by atoms with van der Waals surface area (Å²) < 4.78 is 5.41. The van der Waals surface area contributed by atoms with Crippen LogP contribution in [0.25, 0.3) is 5.57 Å². The minimum absolute atomic E-state index is 0.315. The molecule has 0 radical (unpaired) electrons. The van der Waals surface area contributed by atoms with Gasteiger partial charge in [0.1, 0.15) is 11.4 Å². The number of carbonyl (C=O) groups is 1. The SMILES string of the molecule is C=C/C=C\CNC(=C/C=C/C)/C(=C\C(C)C)c1cnc(C(CC=C)NC(=O)OC(C)(C)C)[nH]1. The standard InChI is InChI=1S/C27H40N4O2/c1-9-12-14-17-28-22(16-13-10-2)21(18-20(4)5)24-19-29-25(30-24)23(15-11-3)31-26(32)33-27(6,7)8/h9-14,16,18-20,23,28H,1,3,15,17H2,2,4-8H3,(H,29,30)(H,31,32)/b13-10+,14-12-,21-18+,22-16+. The van der Waals surface area contributed by atoms with Crippen LogP contribution in [0.5, 0.6) is 0 Å². The number of rotatable bonds is 12. The van der Waals surface area contributed by atoms with Gasteiger partial charge in [-0.3, -0.25) is 0 Å². The van der Waals surface area contributed by atoms with Crippen LogP contribution in [0.1, 0.15) is 65.5 Å². The number of alkyl carbamates (subject to hydrolysis) is 1. The Bertz CT molecular complexity index is 895. The van der Waals surface area contributed by atoms with Gasteiger partial charge in [-0.25, -0.2) is 9.78 Å². The van der Waals surface area contributed by atoms with Gasteiger partial charge in [-0.2, -0.15) is 0 Å². The maximum Gasteiger partial charge on any atom is 0.408 e. The lowest BCUT2D eigenvalue weighted by Crippen LogP contribution is -2.35. The lowest BCUT2D eigenvalue weighted by Gasteiger charge is -2.22. The first-order valence-corrected chi connectivity index (χ1v) is 11.3. The first-order valence-electron chi connectivity index (χ1n) is 11.3. The van der Waals surface area contributed by atoms with E-state index >= 15 is 0 Å². The zero-order valence-corrected chi connectivity index (χ0v) is 20.9. The van der Waals surface area contributed by atoms with Crippen LogP contribution in [0.2, 0.25) is 0 Å². The number of allylic oxidation sites excluding steroid dienone is 7. The molecule has 0 saturated carbocycles.